The van der Waals surface area contributed by atoms with Gasteiger partial charge in [-0.15, -0.1) is 11.8 Å². The van der Waals surface area contributed by atoms with Crippen LogP contribution in [0, 0.1) is 13.8 Å². The molecule has 1 aliphatic heterocycles. The van der Waals surface area contributed by atoms with Crippen LogP contribution >= 0.6 is 23.4 Å². The number of amides is 2. The van der Waals surface area contributed by atoms with E-state index in [-0.39, 0.29) is 17.6 Å². The van der Waals surface area contributed by atoms with Crippen LogP contribution in [-0.2, 0) is 10.5 Å². The third-order valence-corrected chi connectivity index (χ3v) is 5.98. The molecule has 2 aromatic rings. The summed E-state index contributed by atoms with van der Waals surface area (Å²) in [6, 6.07) is 5.00. The Bertz CT molecular complexity index is 843. The van der Waals surface area contributed by atoms with Gasteiger partial charge in [0.1, 0.15) is 5.76 Å². The molecule has 0 aliphatic carbocycles. The Morgan fingerprint density at radius 3 is 2.68 bits per heavy atom. The molecule has 1 aromatic carbocycles. The molecule has 1 N–H and O–H groups in total. The third-order valence-electron chi connectivity index (χ3n) is 4.79. The number of hydrogen-bond donors (Lipinski definition) is 1. The number of thioether (sulfide) groups is 1. The van der Waals surface area contributed by atoms with Crippen molar-refractivity contribution in [2.45, 2.75) is 38.9 Å². The van der Waals surface area contributed by atoms with Gasteiger partial charge in [0, 0.05) is 29.4 Å². The zero-order valence-electron chi connectivity index (χ0n) is 16.1. The van der Waals surface area contributed by atoms with Gasteiger partial charge in [0.2, 0.25) is 5.91 Å². The van der Waals surface area contributed by atoms with E-state index in [1.54, 1.807) is 18.2 Å². The van der Waals surface area contributed by atoms with Crippen LogP contribution in [0.2, 0.25) is 5.02 Å². The predicted molar refractivity (Wildman–Crippen MR) is 112 cm³/mol. The summed E-state index contributed by atoms with van der Waals surface area (Å²) in [5.74, 6) is 1.44. The first-order valence-electron chi connectivity index (χ1n) is 9.34. The van der Waals surface area contributed by atoms with Crippen molar-refractivity contribution in [3.05, 3.63) is 45.8 Å². The Labute approximate surface area is 174 Å². The van der Waals surface area contributed by atoms with E-state index in [2.05, 4.69) is 10.5 Å². The fourth-order valence-electron chi connectivity index (χ4n) is 3.21. The summed E-state index contributed by atoms with van der Waals surface area (Å²) in [6.07, 6.45) is 3.18. The first-order valence-corrected chi connectivity index (χ1v) is 10.9. The lowest BCUT2D eigenvalue weighted by molar-refractivity contribution is -0.113. The molecule has 6 nitrogen and oxygen atoms in total. The molecular formula is C20H24ClN3O3S. The van der Waals surface area contributed by atoms with Crippen LogP contribution in [-0.4, -0.2) is 40.7 Å². The number of benzene rings is 1. The first kappa shape index (κ1) is 20.7. The molecule has 2 heterocycles. The van der Waals surface area contributed by atoms with Crippen molar-refractivity contribution in [1.29, 1.82) is 0 Å². The lowest BCUT2D eigenvalue weighted by Crippen LogP contribution is -2.36. The molecule has 1 aromatic heterocycles. The van der Waals surface area contributed by atoms with Crippen LogP contribution < -0.4 is 5.32 Å². The molecule has 2 amide bonds. The summed E-state index contributed by atoms with van der Waals surface area (Å²) in [7, 11) is 0. The summed E-state index contributed by atoms with van der Waals surface area (Å²) in [6.45, 7) is 5.25. The molecule has 0 bridgehead atoms. The van der Waals surface area contributed by atoms with Crippen molar-refractivity contribution in [2.75, 3.05) is 24.2 Å². The van der Waals surface area contributed by atoms with E-state index in [0.29, 0.717) is 22.0 Å². The zero-order chi connectivity index (χ0) is 20.1. The van der Waals surface area contributed by atoms with Gasteiger partial charge in [-0.25, -0.2) is 0 Å². The highest BCUT2D eigenvalue weighted by atomic mass is 35.5. The number of carbonyl (C=O) groups is 2. The molecule has 3 rings (SSSR count). The smallest absolute Gasteiger partial charge is 0.255 e. The summed E-state index contributed by atoms with van der Waals surface area (Å²) in [5.41, 5.74) is 2.80. The fraction of sp³-hybridized carbons (Fsp3) is 0.450. The maximum Gasteiger partial charge on any atom is 0.255 e. The lowest BCUT2D eigenvalue weighted by atomic mass is 10.1. The van der Waals surface area contributed by atoms with E-state index in [1.165, 1.54) is 11.8 Å². The molecule has 0 atom stereocenters. The molecule has 8 heteroatoms. The first-order chi connectivity index (χ1) is 13.5. The van der Waals surface area contributed by atoms with Crippen LogP contribution in [0.25, 0.3) is 0 Å². The quantitative estimate of drug-likeness (QED) is 0.746. The number of piperidine rings is 1. The highest BCUT2D eigenvalue weighted by Crippen LogP contribution is 2.25. The molecule has 28 heavy (non-hydrogen) atoms. The topological polar surface area (TPSA) is 75.4 Å². The number of aromatic nitrogens is 1. The molecule has 0 unspecified atom stereocenters. The van der Waals surface area contributed by atoms with Gasteiger partial charge in [-0.05, 0) is 51.3 Å². The van der Waals surface area contributed by atoms with E-state index < -0.39 is 0 Å². The second-order valence-electron chi connectivity index (χ2n) is 6.89. The third kappa shape index (κ3) is 5.08. The van der Waals surface area contributed by atoms with Crippen LogP contribution in [0.15, 0.2) is 22.7 Å². The molecule has 1 saturated heterocycles. The Morgan fingerprint density at radius 2 is 2.00 bits per heavy atom. The second kappa shape index (κ2) is 9.47. The molecule has 0 saturated carbocycles. The van der Waals surface area contributed by atoms with Crippen LogP contribution in [0.1, 0.15) is 46.6 Å². The number of halogens is 1. The van der Waals surface area contributed by atoms with Gasteiger partial charge in [-0.2, -0.15) is 0 Å². The number of hydrogen-bond acceptors (Lipinski definition) is 5. The standard InChI is InChI=1S/C20H24ClN3O3S/c1-13-17(14(2)27-23-13)11-28-12-19(25)22-18-10-15(21)6-7-16(18)20(26)24-8-4-3-5-9-24/h6-7,10H,3-5,8-9,11-12H2,1-2H3,(H,22,25). The zero-order valence-corrected chi connectivity index (χ0v) is 17.7. The van der Waals surface area contributed by atoms with Gasteiger partial charge in [0.15, 0.2) is 0 Å². The molecule has 0 radical (unpaired) electrons. The summed E-state index contributed by atoms with van der Waals surface area (Å²) >= 11 is 7.57. The summed E-state index contributed by atoms with van der Waals surface area (Å²) < 4.78 is 5.14. The predicted octanol–water partition coefficient (Wildman–Crippen LogP) is 4.44. The van der Waals surface area contributed by atoms with Crippen LogP contribution in [0.4, 0.5) is 5.69 Å². The maximum absolute atomic E-state index is 12.9. The molecule has 0 spiro atoms. The highest BCUT2D eigenvalue weighted by molar-refractivity contribution is 7.99. The lowest BCUT2D eigenvalue weighted by Gasteiger charge is -2.27. The number of rotatable bonds is 6. The minimum Gasteiger partial charge on any atom is -0.361 e. The van der Waals surface area contributed by atoms with Crippen molar-refractivity contribution < 1.29 is 14.1 Å². The second-order valence-corrected chi connectivity index (χ2v) is 8.31. The van der Waals surface area contributed by atoms with E-state index >= 15 is 0 Å². The molecular weight excluding hydrogens is 398 g/mol. The van der Waals surface area contributed by atoms with Gasteiger partial charge in [0.25, 0.3) is 5.91 Å². The average molecular weight is 422 g/mol. The van der Waals surface area contributed by atoms with E-state index in [4.69, 9.17) is 16.1 Å². The van der Waals surface area contributed by atoms with E-state index in [9.17, 15) is 9.59 Å². The molecule has 1 aliphatic rings. The van der Waals surface area contributed by atoms with Crippen LogP contribution in [0.5, 0.6) is 0 Å². The van der Waals surface area contributed by atoms with Crippen molar-refractivity contribution in [2.24, 2.45) is 0 Å². The van der Waals surface area contributed by atoms with Gasteiger partial charge in [-0.3, -0.25) is 9.59 Å². The number of likely N-dealkylation sites (tertiary alicyclic amines) is 1. The summed E-state index contributed by atoms with van der Waals surface area (Å²) in [4.78, 5) is 27.1. The number of anilines is 1. The van der Waals surface area contributed by atoms with Crippen molar-refractivity contribution >= 4 is 40.9 Å². The van der Waals surface area contributed by atoms with Crippen molar-refractivity contribution in [1.82, 2.24) is 10.1 Å². The minimum absolute atomic E-state index is 0.0601. The number of nitrogens with zero attached hydrogens (tertiary/aromatic N) is 2. The van der Waals surface area contributed by atoms with Crippen LogP contribution in [0.3, 0.4) is 0 Å². The van der Waals surface area contributed by atoms with Gasteiger partial charge in [-0.1, -0.05) is 16.8 Å². The van der Waals surface area contributed by atoms with E-state index in [0.717, 1.165) is 49.4 Å². The van der Waals surface area contributed by atoms with Gasteiger partial charge < -0.3 is 14.7 Å². The maximum atomic E-state index is 12.9. The summed E-state index contributed by atoms with van der Waals surface area (Å²) in [5, 5.41) is 7.25. The minimum atomic E-state index is -0.174. The Hall–Kier alpha value is -1.99. The number of aryl methyl sites for hydroxylation is 2. The Balaban J connectivity index is 1.63. The Kier molecular flexibility index (Phi) is 7.02. The normalized spacial score (nSPS) is 14.2. The van der Waals surface area contributed by atoms with Gasteiger partial charge >= 0.3 is 0 Å². The van der Waals surface area contributed by atoms with E-state index in [1.807, 2.05) is 18.7 Å². The molecule has 150 valence electrons. The fourth-order valence-corrected chi connectivity index (χ4v) is 4.36. The SMILES string of the molecule is Cc1noc(C)c1CSCC(=O)Nc1cc(Cl)ccc1C(=O)N1CCCCC1. The average Bonchev–Trinajstić information content (AvgIpc) is 3.00. The number of nitrogens with one attached hydrogen (secondary N) is 1. The number of carbonyl (C=O) groups excluding carboxylic acids is 2. The van der Waals surface area contributed by atoms with Gasteiger partial charge in [0.05, 0.1) is 22.7 Å². The Morgan fingerprint density at radius 1 is 1.25 bits per heavy atom. The molecule has 1 fully saturated rings. The van der Waals surface area contributed by atoms with Crippen molar-refractivity contribution in [3.8, 4) is 0 Å². The van der Waals surface area contributed by atoms with Crippen molar-refractivity contribution in [3.63, 3.8) is 0 Å². The highest BCUT2D eigenvalue weighted by Gasteiger charge is 2.22. The largest absolute Gasteiger partial charge is 0.361 e. The monoisotopic (exact) mass is 421 g/mol.